The van der Waals surface area contributed by atoms with Crippen LogP contribution in [-0.2, 0) is 14.8 Å². The van der Waals surface area contributed by atoms with Crippen molar-refractivity contribution in [1.82, 2.24) is 0 Å². The monoisotopic (exact) mass is 339 g/mol. The number of hydrogen-bond donors (Lipinski definition) is 2. The van der Waals surface area contributed by atoms with Crippen LogP contribution in [0, 0.1) is 0 Å². The van der Waals surface area contributed by atoms with Crippen LogP contribution < -0.4 is 4.72 Å². The number of nitrogens with one attached hydrogen (secondary N) is 1. The lowest BCUT2D eigenvalue weighted by atomic mass is 10.00. The minimum atomic E-state index is -3.81. The van der Waals surface area contributed by atoms with Crippen molar-refractivity contribution in [2.45, 2.75) is 17.7 Å². The lowest BCUT2D eigenvalue weighted by molar-refractivity contribution is -0.138. The molecule has 0 saturated heterocycles. The first kappa shape index (κ1) is 16.3. The van der Waals surface area contributed by atoms with E-state index in [9.17, 15) is 13.2 Å². The van der Waals surface area contributed by atoms with Gasteiger partial charge in [-0.25, -0.2) is 8.42 Å². The third kappa shape index (κ3) is 3.58. The molecule has 0 unspecified atom stereocenters. The molecule has 116 valence electrons. The van der Waals surface area contributed by atoms with Crippen molar-refractivity contribution in [2.24, 2.45) is 0 Å². The van der Waals surface area contributed by atoms with Crippen molar-refractivity contribution in [3.63, 3.8) is 0 Å². The Morgan fingerprint density at radius 2 is 1.73 bits per heavy atom. The van der Waals surface area contributed by atoms with E-state index in [1.165, 1.54) is 37.3 Å². The van der Waals surface area contributed by atoms with Crippen LogP contribution in [0.2, 0.25) is 5.02 Å². The quantitative estimate of drug-likeness (QED) is 0.875. The van der Waals surface area contributed by atoms with Gasteiger partial charge in [-0.2, -0.15) is 0 Å². The van der Waals surface area contributed by atoms with E-state index in [4.69, 9.17) is 16.7 Å². The Kier molecular flexibility index (Phi) is 4.73. The minimum absolute atomic E-state index is 0.0506. The molecule has 0 aliphatic rings. The highest BCUT2D eigenvalue weighted by Gasteiger charge is 2.21. The molecule has 1 atom stereocenters. The maximum Gasteiger partial charge on any atom is 0.310 e. The Hall–Kier alpha value is -2.05. The highest BCUT2D eigenvalue weighted by Crippen LogP contribution is 2.27. The highest BCUT2D eigenvalue weighted by molar-refractivity contribution is 7.92. The zero-order chi connectivity index (χ0) is 16.3. The maximum absolute atomic E-state index is 12.4. The number of rotatable bonds is 5. The van der Waals surface area contributed by atoms with Crippen LogP contribution in [0.5, 0.6) is 0 Å². The van der Waals surface area contributed by atoms with Crippen LogP contribution in [0.3, 0.4) is 0 Å². The first-order chi connectivity index (χ1) is 10.3. The number of carbonyl (C=O) groups is 1. The summed E-state index contributed by atoms with van der Waals surface area (Å²) in [5.41, 5.74) is 0.639. The first-order valence-corrected chi connectivity index (χ1v) is 8.27. The molecule has 7 heteroatoms. The number of halogens is 1. The molecule has 5 nitrogen and oxygen atoms in total. The van der Waals surface area contributed by atoms with E-state index in [2.05, 4.69) is 4.72 Å². The number of benzene rings is 2. The second-order valence-corrected chi connectivity index (χ2v) is 6.83. The van der Waals surface area contributed by atoms with Crippen molar-refractivity contribution < 1.29 is 18.3 Å². The van der Waals surface area contributed by atoms with Crippen molar-refractivity contribution in [3.05, 3.63) is 59.1 Å². The molecule has 0 aliphatic heterocycles. The molecular formula is C15H14ClNO4S. The molecule has 2 aromatic carbocycles. The van der Waals surface area contributed by atoms with Crippen LogP contribution in [0.15, 0.2) is 53.4 Å². The Bertz CT molecular complexity index is 787. The molecule has 22 heavy (non-hydrogen) atoms. The zero-order valence-corrected chi connectivity index (χ0v) is 13.2. The summed E-state index contributed by atoms with van der Waals surface area (Å²) in [6.07, 6.45) is 0. The standard InChI is InChI=1S/C15H14ClNO4S/c1-10(15(18)19)13-4-2-3-5-14(13)17-22(20,21)12-8-6-11(16)7-9-12/h2-10,17H,1H3,(H,18,19)/t10-/m1/s1. The van der Waals surface area contributed by atoms with E-state index < -0.39 is 21.9 Å². The molecule has 0 amide bonds. The van der Waals surface area contributed by atoms with E-state index in [0.29, 0.717) is 10.6 Å². The number of aliphatic carboxylic acids is 1. The summed E-state index contributed by atoms with van der Waals surface area (Å²) in [7, 11) is -3.81. The van der Waals surface area contributed by atoms with Gasteiger partial charge in [-0.3, -0.25) is 9.52 Å². The SMILES string of the molecule is C[C@@H](C(=O)O)c1ccccc1NS(=O)(=O)c1ccc(Cl)cc1. The summed E-state index contributed by atoms with van der Waals surface area (Å²) in [6, 6.07) is 12.1. The molecule has 0 radical (unpaired) electrons. The van der Waals surface area contributed by atoms with Gasteiger partial charge in [0, 0.05) is 5.02 Å². The molecule has 0 heterocycles. The van der Waals surface area contributed by atoms with Gasteiger partial charge in [0.2, 0.25) is 0 Å². The van der Waals surface area contributed by atoms with Gasteiger partial charge in [0.05, 0.1) is 16.5 Å². The van der Waals surface area contributed by atoms with Crippen LogP contribution in [0.4, 0.5) is 5.69 Å². The fourth-order valence-electron chi connectivity index (χ4n) is 1.92. The lowest BCUT2D eigenvalue weighted by Crippen LogP contribution is -2.16. The average Bonchev–Trinajstić information content (AvgIpc) is 2.47. The second-order valence-electron chi connectivity index (χ2n) is 4.71. The van der Waals surface area contributed by atoms with Gasteiger partial charge in [-0.15, -0.1) is 0 Å². The van der Waals surface area contributed by atoms with Crippen LogP contribution in [0.25, 0.3) is 0 Å². The van der Waals surface area contributed by atoms with Crippen LogP contribution in [-0.4, -0.2) is 19.5 Å². The van der Waals surface area contributed by atoms with Crippen molar-refractivity contribution in [3.8, 4) is 0 Å². The molecular weight excluding hydrogens is 326 g/mol. The van der Waals surface area contributed by atoms with E-state index in [0.717, 1.165) is 0 Å². The molecule has 0 bridgehead atoms. The topological polar surface area (TPSA) is 83.5 Å². The smallest absolute Gasteiger partial charge is 0.310 e. The van der Waals surface area contributed by atoms with Gasteiger partial charge in [0.25, 0.3) is 10.0 Å². The summed E-state index contributed by atoms with van der Waals surface area (Å²) in [5.74, 6) is -1.86. The largest absolute Gasteiger partial charge is 0.481 e. The normalized spacial score (nSPS) is 12.6. The molecule has 0 saturated carbocycles. The zero-order valence-electron chi connectivity index (χ0n) is 11.7. The maximum atomic E-state index is 12.4. The molecule has 0 aromatic heterocycles. The van der Waals surface area contributed by atoms with Crippen LogP contribution in [0.1, 0.15) is 18.4 Å². The van der Waals surface area contributed by atoms with E-state index in [-0.39, 0.29) is 10.6 Å². The van der Waals surface area contributed by atoms with Gasteiger partial charge >= 0.3 is 5.97 Å². The Labute approximate surface area is 133 Å². The lowest BCUT2D eigenvalue weighted by Gasteiger charge is -2.15. The number of carboxylic acid groups (broad SMARTS) is 1. The summed E-state index contributed by atoms with van der Waals surface area (Å²) in [6.45, 7) is 1.50. The van der Waals surface area contributed by atoms with Crippen molar-refractivity contribution in [2.75, 3.05) is 4.72 Å². The van der Waals surface area contributed by atoms with Crippen molar-refractivity contribution >= 4 is 33.3 Å². The average molecular weight is 340 g/mol. The fraction of sp³-hybridized carbons (Fsp3) is 0.133. The molecule has 2 aromatic rings. The third-order valence-electron chi connectivity index (χ3n) is 3.17. The Morgan fingerprint density at radius 1 is 1.14 bits per heavy atom. The number of carboxylic acids is 1. The predicted octanol–water partition coefficient (Wildman–Crippen LogP) is 3.33. The van der Waals surface area contributed by atoms with E-state index in [1.807, 2.05) is 0 Å². The van der Waals surface area contributed by atoms with Gasteiger partial charge in [-0.1, -0.05) is 29.8 Å². The fourth-order valence-corrected chi connectivity index (χ4v) is 3.13. The number of hydrogen-bond acceptors (Lipinski definition) is 3. The summed E-state index contributed by atoms with van der Waals surface area (Å²) in [4.78, 5) is 11.2. The van der Waals surface area contributed by atoms with Gasteiger partial charge in [-0.05, 0) is 42.8 Å². The van der Waals surface area contributed by atoms with Gasteiger partial charge in [0.1, 0.15) is 0 Å². The molecule has 0 spiro atoms. The van der Waals surface area contributed by atoms with E-state index >= 15 is 0 Å². The molecule has 0 aliphatic carbocycles. The predicted molar refractivity (Wildman–Crippen MR) is 84.8 cm³/mol. The summed E-state index contributed by atoms with van der Waals surface area (Å²) >= 11 is 5.74. The number of anilines is 1. The summed E-state index contributed by atoms with van der Waals surface area (Å²) in [5, 5.41) is 9.54. The van der Waals surface area contributed by atoms with E-state index in [1.54, 1.807) is 18.2 Å². The van der Waals surface area contributed by atoms with Gasteiger partial charge in [0.15, 0.2) is 0 Å². The van der Waals surface area contributed by atoms with Crippen LogP contribution >= 0.6 is 11.6 Å². The molecule has 2 rings (SSSR count). The van der Waals surface area contributed by atoms with Gasteiger partial charge < -0.3 is 5.11 Å². The highest BCUT2D eigenvalue weighted by atomic mass is 35.5. The third-order valence-corrected chi connectivity index (χ3v) is 4.80. The number of sulfonamides is 1. The first-order valence-electron chi connectivity index (χ1n) is 6.41. The second kappa shape index (κ2) is 6.37. The number of para-hydroxylation sites is 1. The molecule has 2 N–H and O–H groups in total. The molecule has 0 fully saturated rings. The Balaban J connectivity index is 2.38. The minimum Gasteiger partial charge on any atom is -0.481 e. The van der Waals surface area contributed by atoms with Crippen molar-refractivity contribution in [1.29, 1.82) is 0 Å². The Morgan fingerprint density at radius 3 is 2.32 bits per heavy atom. The summed E-state index contributed by atoms with van der Waals surface area (Å²) < 4.78 is 27.1.